The third-order valence-electron chi connectivity index (χ3n) is 6.90. The number of imide groups is 2. The first-order chi connectivity index (χ1) is 22.6. The molecule has 7 N–H and O–H groups in total. The highest BCUT2D eigenvalue weighted by molar-refractivity contribution is 6.37. The maximum Gasteiger partial charge on any atom is 0.335 e. The van der Waals surface area contributed by atoms with Crippen LogP contribution in [0.3, 0.4) is 0 Å². The van der Waals surface area contributed by atoms with Crippen molar-refractivity contribution in [3.63, 3.8) is 0 Å². The lowest BCUT2D eigenvalue weighted by Gasteiger charge is -2.26. The lowest BCUT2D eigenvalue weighted by molar-refractivity contribution is -0.122. The van der Waals surface area contributed by atoms with Gasteiger partial charge in [0.25, 0.3) is 17.4 Å². The molecule has 0 radical (unpaired) electrons. The zero-order valence-electron chi connectivity index (χ0n) is 24.2. The van der Waals surface area contributed by atoms with E-state index >= 15 is 0 Å². The number of hydrogen-bond donors (Lipinski definition) is 5. The molecule has 1 aliphatic rings. The van der Waals surface area contributed by atoms with Gasteiger partial charge in [-0.25, -0.2) is 25.0 Å². The zero-order chi connectivity index (χ0) is 33.7. The summed E-state index contributed by atoms with van der Waals surface area (Å²) < 4.78 is 0.821. The number of rotatable bonds is 9. The predicted molar refractivity (Wildman–Crippen MR) is 169 cm³/mol. The standard InChI is InChI=1S/C32H25N7O8/c33-26(40)21-4-2-6-23(16-21)39-30(44)25(28(42)37-32(39)46)10-8-19(20-11-13-35-14-12-20)7-9-24-27(41)36-31(45)38(29(24)43)22-5-1-3-18(15-22)17-47-34/h1-16,41H,17,34H2,(H2,33,40)(H,36,45)(H,37,42,46). The number of nitrogens with one attached hydrogen (secondary N) is 2. The third-order valence-corrected chi connectivity index (χ3v) is 6.90. The van der Waals surface area contributed by atoms with Crippen LogP contribution in [-0.2, 0) is 21.0 Å². The number of aromatic nitrogens is 3. The topological polar surface area (TPSA) is 233 Å². The van der Waals surface area contributed by atoms with Crippen molar-refractivity contribution >= 4 is 41.1 Å². The molecule has 3 heterocycles. The fourth-order valence-electron chi connectivity index (χ4n) is 4.65. The van der Waals surface area contributed by atoms with Crippen molar-refractivity contribution in [2.45, 2.75) is 6.61 Å². The molecule has 0 atom stereocenters. The smallest absolute Gasteiger partial charge is 0.335 e. The summed E-state index contributed by atoms with van der Waals surface area (Å²) in [7, 11) is 0. The first kappa shape index (κ1) is 31.7. The number of barbiturate groups is 1. The van der Waals surface area contributed by atoms with Gasteiger partial charge in [0, 0.05) is 18.0 Å². The van der Waals surface area contributed by atoms with Crippen molar-refractivity contribution in [3.05, 3.63) is 140 Å². The van der Waals surface area contributed by atoms with Gasteiger partial charge in [0.2, 0.25) is 11.8 Å². The summed E-state index contributed by atoms with van der Waals surface area (Å²) in [5, 5.41) is 12.6. The van der Waals surface area contributed by atoms with Gasteiger partial charge in [0.15, 0.2) is 0 Å². The Morgan fingerprint density at radius 2 is 1.68 bits per heavy atom. The maximum absolute atomic E-state index is 13.5. The van der Waals surface area contributed by atoms with Gasteiger partial charge >= 0.3 is 11.7 Å². The van der Waals surface area contributed by atoms with Gasteiger partial charge in [-0.05, 0) is 71.3 Å². The van der Waals surface area contributed by atoms with E-state index in [0.29, 0.717) is 21.6 Å². The zero-order valence-corrected chi connectivity index (χ0v) is 24.2. The molecule has 0 saturated carbocycles. The SMILES string of the molecule is NOCc1cccc(-n2c(=O)[nH]c(O)c(C=CC(=CC=C3C(=O)NC(=O)N(c4cccc(C(N)=O)c4)C3=O)c3ccncc3)c2=O)c1. The molecule has 5 amide bonds. The number of hydrogen-bond acceptors (Lipinski definition) is 10. The number of pyridine rings is 1. The molecule has 5 rings (SSSR count). The van der Waals surface area contributed by atoms with Crippen LogP contribution in [0.4, 0.5) is 10.5 Å². The van der Waals surface area contributed by atoms with Crippen LogP contribution >= 0.6 is 0 Å². The first-order valence-corrected chi connectivity index (χ1v) is 13.7. The number of urea groups is 1. The Morgan fingerprint density at radius 1 is 0.957 bits per heavy atom. The van der Waals surface area contributed by atoms with E-state index in [4.69, 9.17) is 11.6 Å². The molecule has 15 heteroatoms. The van der Waals surface area contributed by atoms with Gasteiger partial charge in [0.1, 0.15) is 11.1 Å². The number of nitrogens with zero attached hydrogens (tertiary/aromatic N) is 3. The minimum atomic E-state index is -1.03. The van der Waals surface area contributed by atoms with Crippen LogP contribution in [0.5, 0.6) is 5.88 Å². The second-order valence-electron chi connectivity index (χ2n) is 9.90. The van der Waals surface area contributed by atoms with E-state index in [1.54, 1.807) is 24.3 Å². The van der Waals surface area contributed by atoms with Gasteiger partial charge in [-0.2, -0.15) is 0 Å². The lowest BCUT2D eigenvalue weighted by Crippen LogP contribution is -2.54. The molecule has 0 bridgehead atoms. The predicted octanol–water partition coefficient (Wildman–Crippen LogP) is 1.42. The van der Waals surface area contributed by atoms with Gasteiger partial charge in [-0.1, -0.05) is 30.4 Å². The van der Waals surface area contributed by atoms with Crippen LogP contribution in [0, 0.1) is 0 Å². The maximum atomic E-state index is 13.5. The Labute approximate surface area is 264 Å². The van der Waals surface area contributed by atoms with Gasteiger partial charge < -0.3 is 10.8 Å². The Morgan fingerprint density at radius 3 is 2.40 bits per heavy atom. The Bertz CT molecular complexity index is 2130. The van der Waals surface area contributed by atoms with Crippen LogP contribution in [0.15, 0.2) is 106 Å². The highest BCUT2D eigenvalue weighted by Crippen LogP contribution is 2.24. The molecule has 15 nitrogen and oxygen atoms in total. The average Bonchev–Trinajstić information content (AvgIpc) is 3.04. The van der Waals surface area contributed by atoms with Crippen LogP contribution in [0.25, 0.3) is 17.3 Å². The molecule has 4 aromatic rings. The summed E-state index contributed by atoms with van der Waals surface area (Å²) in [5.74, 6) is 1.72. The molecule has 47 heavy (non-hydrogen) atoms. The highest BCUT2D eigenvalue weighted by Gasteiger charge is 2.36. The number of benzene rings is 2. The number of aromatic hydroxyl groups is 1. The molecule has 0 spiro atoms. The van der Waals surface area contributed by atoms with E-state index < -0.39 is 46.5 Å². The minimum Gasteiger partial charge on any atom is -0.494 e. The average molecular weight is 636 g/mol. The van der Waals surface area contributed by atoms with Crippen molar-refractivity contribution < 1.29 is 29.1 Å². The number of anilines is 1. The molecule has 2 aromatic heterocycles. The van der Waals surface area contributed by atoms with E-state index in [9.17, 15) is 33.9 Å². The van der Waals surface area contributed by atoms with Crippen molar-refractivity contribution in [1.82, 2.24) is 19.9 Å². The van der Waals surface area contributed by atoms with E-state index in [1.807, 2.05) is 0 Å². The van der Waals surface area contributed by atoms with Crippen LogP contribution < -0.4 is 33.1 Å². The largest absolute Gasteiger partial charge is 0.494 e. The van der Waals surface area contributed by atoms with Crippen LogP contribution in [0.2, 0.25) is 0 Å². The fraction of sp³-hybridized carbons (Fsp3) is 0.0312. The molecule has 0 unspecified atom stereocenters. The fourth-order valence-corrected chi connectivity index (χ4v) is 4.65. The van der Waals surface area contributed by atoms with Crippen LogP contribution in [0.1, 0.15) is 27.0 Å². The number of allylic oxidation sites excluding steroid dienone is 4. The summed E-state index contributed by atoms with van der Waals surface area (Å²) in [4.78, 5) is 88.1. The molecule has 0 aliphatic carbocycles. The Balaban J connectivity index is 1.57. The molecule has 1 fully saturated rings. The second kappa shape index (κ2) is 13.5. The van der Waals surface area contributed by atoms with Crippen LogP contribution in [-0.4, -0.2) is 43.4 Å². The van der Waals surface area contributed by atoms with Crippen molar-refractivity contribution in [2.75, 3.05) is 4.90 Å². The Hall–Kier alpha value is -6.71. The molecule has 2 aromatic carbocycles. The van der Waals surface area contributed by atoms with E-state index in [-0.39, 0.29) is 29.1 Å². The molecular formula is C32H25N7O8. The van der Waals surface area contributed by atoms with Crippen molar-refractivity contribution in [1.29, 1.82) is 0 Å². The van der Waals surface area contributed by atoms with E-state index in [2.05, 4.69) is 20.1 Å². The number of H-pyrrole nitrogens is 1. The first-order valence-electron chi connectivity index (χ1n) is 13.7. The number of aromatic amines is 1. The summed E-state index contributed by atoms with van der Waals surface area (Å²) >= 11 is 0. The molecule has 236 valence electrons. The lowest BCUT2D eigenvalue weighted by atomic mass is 10.0. The minimum absolute atomic E-state index is 0.00588. The molecular weight excluding hydrogens is 610 g/mol. The quantitative estimate of drug-likeness (QED) is 0.0768. The molecule has 1 saturated heterocycles. The van der Waals surface area contributed by atoms with Gasteiger partial charge in [0.05, 0.1) is 18.0 Å². The van der Waals surface area contributed by atoms with E-state index in [1.165, 1.54) is 73.1 Å². The second-order valence-corrected chi connectivity index (χ2v) is 9.90. The highest BCUT2D eigenvalue weighted by atomic mass is 16.6. The number of carbonyl (C=O) groups excluding carboxylic acids is 4. The third kappa shape index (κ3) is 6.70. The Kier molecular flexibility index (Phi) is 9.12. The normalized spacial score (nSPS) is 14.6. The number of nitrogens with two attached hydrogens (primary N) is 2. The van der Waals surface area contributed by atoms with E-state index in [0.717, 1.165) is 4.57 Å². The van der Waals surface area contributed by atoms with Crippen molar-refractivity contribution in [3.8, 4) is 11.6 Å². The molecule has 1 aliphatic heterocycles. The van der Waals surface area contributed by atoms with Crippen molar-refractivity contribution in [2.24, 2.45) is 11.6 Å². The number of amides is 5. The summed E-state index contributed by atoms with van der Waals surface area (Å²) in [6.45, 7) is 0.0210. The number of primary amides is 1. The summed E-state index contributed by atoms with van der Waals surface area (Å²) in [6, 6.07) is 14.0. The summed E-state index contributed by atoms with van der Waals surface area (Å²) in [5.41, 5.74) is 4.55. The number of carbonyl (C=O) groups is 4. The summed E-state index contributed by atoms with van der Waals surface area (Å²) in [6.07, 6.45) is 8.17. The van der Waals surface area contributed by atoms with Gasteiger partial charge in [-0.15, -0.1) is 0 Å². The van der Waals surface area contributed by atoms with Gasteiger partial charge in [-0.3, -0.25) is 39.3 Å². The monoisotopic (exact) mass is 635 g/mol.